The van der Waals surface area contributed by atoms with Gasteiger partial charge in [-0.25, -0.2) is 0 Å². The van der Waals surface area contributed by atoms with Crippen molar-refractivity contribution in [2.24, 2.45) is 5.41 Å². The summed E-state index contributed by atoms with van der Waals surface area (Å²) in [5.74, 6) is 0.651. The molecule has 1 aromatic rings. The summed E-state index contributed by atoms with van der Waals surface area (Å²) in [4.78, 5) is 14.9. The number of piperidine rings is 1. The molecule has 1 aliphatic heterocycles. The van der Waals surface area contributed by atoms with Crippen LogP contribution in [0.25, 0.3) is 0 Å². The first kappa shape index (κ1) is 14.8. The lowest BCUT2D eigenvalue weighted by Crippen LogP contribution is -2.39. The predicted octanol–water partition coefficient (Wildman–Crippen LogP) is 3.47. The van der Waals surface area contributed by atoms with Crippen molar-refractivity contribution in [1.29, 1.82) is 0 Å². The van der Waals surface area contributed by atoms with E-state index in [9.17, 15) is 0 Å². The molecule has 0 amide bonds. The van der Waals surface area contributed by atoms with E-state index in [1.807, 2.05) is 13.8 Å². The molecule has 1 aliphatic carbocycles. The van der Waals surface area contributed by atoms with Crippen molar-refractivity contribution in [3.8, 4) is 6.01 Å². The van der Waals surface area contributed by atoms with Crippen LogP contribution >= 0.6 is 11.6 Å². The Morgan fingerprint density at radius 2 is 1.71 bits per heavy atom. The lowest BCUT2D eigenvalue weighted by molar-refractivity contribution is 0.217. The fourth-order valence-corrected chi connectivity index (χ4v) is 3.68. The molecule has 6 heteroatoms. The van der Waals surface area contributed by atoms with Gasteiger partial charge in [0.1, 0.15) is 0 Å². The fourth-order valence-electron chi connectivity index (χ4n) is 3.53. The van der Waals surface area contributed by atoms with E-state index < -0.39 is 0 Å². The molecule has 0 N–H and O–H groups in total. The zero-order chi connectivity index (χ0) is 14.9. The van der Waals surface area contributed by atoms with Crippen LogP contribution in [0, 0.1) is 5.41 Å². The Bertz CT molecular complexity index is 492. The van der Waals surface area contributed by atoms with Crippen LogP contribution in [0.3, 0.4) is 0 Å². The highest BCUT2D eigenvalue weighted by Crippen LogP contribution is 2.46. The van der Waals surface area contributed by atoms with E-state index >= 15 is 0 Å². The average molecular weight is 311 g/mol. The van der Waals surface area contributed by atoms with Gasteiger partial charge in [-0.05, 0) is 56.5 Å². The second kappa shape index (κ2) is 5.95. The summed E-state index contributed by atoms with van der Waals surface area (Å²) in [6.45, 7) is 5.90. The standard InChI is InChI=1S/C15H23ClN4O/c1-11(2)21-14-18-12(16)17-13(19-14)20-9-7-15(8-10-20)5-3-4-6-15/h11H,3-10H2,1-2H3. The zero-order valence-corrected chi connectivity index (χ0v) is 13.6. The van der Waals surface area contributed by atoms with Gasteiger partial charge in [0.2, 0.25) is 11.2 Å². The molecule has 0 aromatic carbocycles. The van der Waals surface area contributed by atoms with Gasteiger partial charge in [0.25, 0.3) is 0 Å². The van der Waals surface area contributed by atoms with Gasteiger partial charge < -0.3 is 9.64 Å². The highest BCUT2D eigenvalue weighted by molar-refractivity contribution is 6.28. The molecular weight excluding hydrogens is 288 g/mol. The maximum Gasteiger partial charge on any atom is 0.322 e. The van der Waals surface area contributed by atoms with Crippen molar-refractivity contribution in [2.75, 3.05) is 18.0 Å². The van der Waals surface area contributed by atoms with E-state index in [1.54, 1.807) is 0 Å². The van der Waals surface area contributed by atoms with E-state index in [0.29, 0.717) is 17.4 Å². The molecule has 5 nitrogen and oxygen atoms in total. The third-order valence-corrected chi connectivity index (χ3v) is 4.86. The van der Waals surface area contributed by atoms with Gasteiger partial charge in [-0.3, -0.25) is 0 Å². The smallest absolute Gasteiger partial charge is 0.322 e. The molecule has 2 aliphatic rings. The summed E-state index contributed by atoms with van der Waals surface area (Å²) in [5.41, 5.74) is 0.588. The van der Waals surface area contributed by atoms with Crippen LogP contribution < -0.4 is 9.64 Å². The minimum Gasteiger partial charge on any atom is -0.461 e. The van der Waals surface area contributed by atoms with Crippen molar-refractivity contribution < 1.29 is 4.74 Å². The van der Waals surface area contributed by atoms with Crippen LogP contribution in [-0.2, 0) is 0 Å². The van der Waals surface area contributed by atoms with Crippen LogP contribution in [0.15, 0.2) is 0 Å². The quantitative estimate of drug-likeness (QED) is 0.855. The number of ether oxygens (including phenoxy) is 1. The van der Waals surface area contributed by atoms with Gasteiger partial charge in [0.05, 0.1) is 6.10 Å². The predicted molar refractivity (Wildman–Crippen MR) is 82.9 cm³/mol. The molecule has 0 bridgehead atoms. The van der Waals surface area contributed by atoms with Crippen molar-refractivity contribution in [2.45, 2.75) is 58.5 Å². The van der Waals surface area contributed by atoms with E-state index in [2.05, 4.69) is 19.9 Å². The molecule has 116 valence electrons. The monoisotopic (exact) mass is 310 g/mol. The van der Waals surface area contributed by atoms with Crippen LogP contribution in [0.5, 0.6) is 6.01 Å². The van der Waals surface area contributed by atoms with E-state index in [-0.39, 0.29) is 11.4 Å². The highest BCUT2D eigenvalue weighted by atomic mass is 35.5. The first-order valence-electron chi connectivity index (χ1n) is 7.90. The number of rotatable bonds is 3. The average Bonchev–Trinajstić information content (AvgIpc) is 2.86. The van der Waals surface area contributed by atoms with Gasteiger partial charge >= 0.3 is 6.01 Å². The summed E-state index contributed by atoms with van der Waals surface area (Å²) in [6.07, 6.45) is 8.06. The largest absolute Gasteiger partial charge is 0.461 e. The maximum absolute atomic E-state index is 6.00. The lowest BCUT2D eigenvalue weighted by atomic mass is 9.77. The third kappa shape index (κ3) is 3.39. The molecule has 1 saturated carbocycles. The van der Waals surface area contributed by atoms with Gasteiger partial charge in [0.15, 0.2) is 0 Å². The minimum absolute atomic E-state index is 0.0273. The van der Waals surface area contributed by atoms with Crippen LogP contribution in [-0.4, -0.2) is 34.1 Å². The van der Waals surface area contributed by atoms with Crippen molar-refractivity contribution in [3.63, 3.8) is 0 Å². The fraction of sp³-hybridized carbons (Fsp3) is 0.800. The van der Waals surface area contributed by atoms with Crippen LogP contribution in [0.4, 0.5) is 5.95 Å². The minimum atomic E-state index is 0.0273. The highest BCUT2D eigenvalue weighted by Gasteiger charge is 2.37. The molecule has 3 rings (SSSR count). The van der Waals surface area contributed by atoms with Crippen LogP contribution in [0.1, 0.15) is 52.4 Å². The Labute approximate surface area is 131 Å². The number of hydrogen-bond acceptors (Lipinski definition) is 5. The summed E-state index contributed by atoms with van der Waals surface area (Å²) < 4.78 is 5.55. The third-order valence-electron chi connectivity index (χ3n) is 4.69. The number of anilines is 1. The second-order valence-electron chi connectivity index (χ2n) is 6.55. The maximum atomic E-state index is 6.00. The normalized spacial score (nSPS) is 21.2. The zero-order valence-electron chi connectivity index (χ0n) is 12.8. The number of aromatic nitrogens is 3. The molecule has 0 atom stereocenters. The Kier molecular flexibility index (Phi) is 4.20. The number of halogens is 1. The molecule has 2 fully saturated rings. The molecule has 2 heterocycles. The Hall–Kier alpha value is -1.10. The summed E-state index contributed by atoms with van der Waals surface area (Å²) in [7, 11) is 0. The van der Waals surface area contributed by atoms with E-state index in [1.165, 1.54) is 38.5 Å². The summed E-state index contributed by atoms with van der Waals surface area (Å²) >= 11 is 6.00. The van der Waals surface area contributed by atoms with E-state index in [0.717, 1.165) is 13.1 Å². The summed E-state index contributed by atoms with van der Waals surface area (Å²) in [5, 5.41) is 0.205. The Balaban J connectivity index is 1.71. The first-order chi connectivity index (χ1) is 10.1. The molecule has 1 saturated heterocycles. The lowest BCUT2D eigenvalue weighted by Gasteiger charge is -2.39. The van der Waals surface area contributed by atoms with Crippen LogP contribution in [0.2, 0.25) is 5.28 Å². The van der Waals surface area contributed by atoms with Gasteiger partial charge in [0, 0.05) is 13.1 Å². The molecule has 21 heavy (non-hydrogen) atoms. The van der Waals surface area contributed by atoms with Gasteiger partial charge in [-0.2, -0.15) is 15.0 Å². The molecule has 1 aromatic heterocycles. The summed E-state index contributed by atoms with van der Waals surface area (Å²) in [6, 6.07) is 0.321. The molecule has 0 unspecified atom stereocenters. The van der Waals surface area contributed by atoms with Crippen molar-refractivity contribution >= 4 is 17.5 Å². The van der Waals surface area contributed by atoms with Gasteiger partial charge in [-0.1, -0.05) is 12.8 Å². The second-order valence-corrected chi connectivity index (χ2v) is 6.89. The topological polar surface area (TPSA) is 51.1 Å². The first-order valence-corrected chi connectivity index (χ1v) is 8.27. The van der Waals surface area contributed by atoms with Gasteiger partial charge in [-0.15, -0.1) is 0 Å². The van der Waals surface area contributed by atoms with E-state index in [4.69, 9.17) is 16.3 Å². The Morgan fingerprint density at radius 1 is 1.05 bits per heavy atom. The van der Waals surface area contributed by atoms with Crippen molar-refractivity contribution in [1.82, 2.24) is 15.0 Å². The molecular formula is C15H23ClN4O. The number of hydrogen-bond donors (Lipinski definition) is 0. The molecule has 0 radical (unpaired) electrons. The molecule has 1 spiro atoms. The van der Waals surface area contributed by atoms with Crippen molar-refractivity contribution in [3.05, 3.63) is 5.28 Å². The Morgan fingerprint density at radius 3 is 2.33 bits per heavy atom. The number of nitrogens with zero attached hydrogens (tertiary/aromatic N) is 4. The SMILES string of the molecule is CC(C)Oc1nc(Cl)nc(N2CCC3(CCCC3)CC2)n1.